The lowest BCUT2D eigenvalue weighted by molar-refractivity contribution is -0.122. The fourth-order valence-corrected chi connectivity index (χ4v) is 1.82. The smallest absolute Gasteiger partial charge is 0.220 e. The van der Waals surface area contributed by atoms with E-state index >= 15 is 0 Å². The zero-order valence-corrected chi connectivity index (χ0v) is 10.3. The van der Waals surface area contributed by atoms with Gasteiger partial charge in [-0.1, -0.05) is 12.1 Å². The molecule has 1 rings (SSSR count). The molecule has 98 valence electrons. The van der Waals surface area contributed by atoms with Gasteiger partial charge in [0.1, 0.15) is 0 Å². The predicted molar refractivity (Wildman–Crippen MR) is 63.7 cm³/mol. The molecule has 1 aliphatic rings. The molecule has 0 aromatic carbocycles. The SMILES string of the molecule is COCC(C)CC(=O)NC(C(N)=NO)C1CC1. The fraction of sp³-hybridized carbons (Fsp3) is 0.818. The first kappa shape index (κ1) is 13.8. The van der Waals surface area contributed by atoms with E-state index in [1.807, 2.05) is 6.92 Å². The van der Waals surface area contributed by atoms with Gasteiger partial charge in [-0.2, -0.15) is 0 Å². The molecule has 6 heteroatoms. The summed E-state index contributed by atoms with van der Waals surface area (Å²) in [5.41, 5.74) is 5.56. The van der Waals surface area contributed by atoms with Crippen LogP contribution in [0.15, 0.2) is 5.16 Å². The van der Waals surface area contributed by atoms with E-state index in [1.165, 1.54) is 0 Å². The number of hydrogen-bond acceptors (Lipinski definition) is 4. The second kappa shape index (κ2) is 6.44. The van der Waals surface area contributed by atoms with E-state index in [9.17, 15) is 4.79 Å². The van der Waals surface area contributed by atoms with E-state index in [0.717, 1.165) is 12.8 Å². The third-order valence-corrected chi connectivity index (χ3v) is 2.83. The second-order valence-corrected chi connectivity index (χ2v) is 4.67. The second-order valence-electron chi connectivity index (χ2n) is 4.67. The van der Waals surface area contributed by atoms with Crippen molar-refractivity contribution in [2.75, 3.05) is 13.7 Å². The number of nitrogens with one attached hydrogen (secondary N) is 1. The summed E-state index contributed by atoms with van der Waals surface area (Å²) in [5.74, 6) is 0.470. The lowest BCUT2D eigenvalue weighted by Gasteiger charge is -2.18. The van der Waals surface area contributed by atoms with Crippen molar-refractivity contribution in [2.45, 2.75) is 32.2 Å². The van der Waals surface area contributed by atoms with Crippen molar-refractivity contribution in [2.24, 2.45) is 22.7 Å². The Balaban J connectivity index is 2.41. The fourth-order valence-electron chi connectivity index (χ4n) is 1.82. The van der Waals surface area contributed by atoms with Gasteiger partial charge in [0.15, 0.2) is 5.84 Å². The van der Waals surface area contributed by atoms with Crippen LogP contribution in [0.5, 0.6) is 0 Å². The number of methoxy groups -OCH3 is 1. The number of nitrogens with two attached hydrogens (primary N) is 1. The molecular formula is C11H21N3O3. The molecule has 2 unspecified atom stereocenters. The number of carbonyl (C=O) groups excluding carboxylic acids is 1. The number of rotatable bonds is 7. The molecule has 0 aromatic rings. The van der Waals surface area contributed by atoms with E-state index in [0.29, 0.717) is 18.9 Å². The van der Waals surface area contributed by atoms with Crippen molar-refractivity contribution in [1.82, 2.24) is 5.32 Å². The minimum absolute atomic E-state index is 0.0836. The first-order valence-corrected chi connectivity index (χ1v) is 5.84. The minimum atomic E-state index is -0.331. The third kappa shape index (κ3) is 4.60. The molecular weight excluding hydrogens is 222 g/mol. The quantitative estimate of drug-likeness (QED) is 0.259. The van der Waals surface area contributed by atoms with Crippen molar-refractivity contribution in [3.63, 3.8) is 0 Å². The van der Waals surface area contributed by atoms with E-state index in [2.05, 4.69) is 10.5 Å². The van der Waals surface area contributed by atoms with E-state index in [4.69, 9.17) is 15.7 Å². The van der Waals surface area contributed by atoms with Gasteiger partial charge in [0.2, 0.25) is 5.91 Å². The number of amidine groups is 1. The monoisotopic (exact) mass is 243 g/mol. The van der Waals surface area contributed by atoms with Gasteiger partial charge in [-0.25, -0.2) is 0 Å². The Labute approximate surface area is 101 Å². The van der Waals surface area contributed by atoms with Crippen molar-refractivity contribution in [3.05, 3.63) is 0 Å². The van der Waals surface area contributed by atoms with Crippen LogP contribution in [0.25, 0.3) is 0 Å². The highest BCUT2D eigenvalue weighted by Gasteiger charge is 2.35. The Hall–Kier alpha value is -1.30. The molecule has 0 aromatic heterocycles. The number of amides is 1. The van der Waals surface area contributed by atoms with Crippen LogP contribution in [-0.4, -0.2) is 36.7 Å². The summed E-state index contributed by atoms with van der Waals surface area (Å²) in [7, 11) is 1.61. The first-order valence-electron chi connectivity index (χ1n) is 5.84. The Morgan fingerprint density at radius 3 is 2.76 bits per heavy atom. The zero-order valence-electron chi connectivity index (χ0n) is 10.3. The van der Waals surface area contributed by atoms with Crippen LogP contribution >= 0.6 is 0 Å². The normalized spacial score (nSPS) is 19.8. The maximum Gasteiger partial charge on any atom is 0.220 e. The molecule has 0 spiro atoms. The average molecular weight is 243 g/mol. The molecule has 1 fully saturated rings. The van der Waals surface area contributed by atoms with Gasteiger partial charge in [-0.05, 0) is 24.7 Å². The number of oxime groups is 1. The predicted octanol–water partition coefficient (Wildman–Crippen LogP) is 0.300. The molecule has 0 radical (unpaired) electrons. The standard InChI is InChI=1S/C11H21N3O3/c1-7(6-17-2)5-9(15)13-10(8-3-4-8)11(12)14-16/h7-8,10,16H,3-6H2,1-2H3,(H2,12,14)(H,13,15). The third-order valence-electron chi connectivity index (χ3n) is 2.83. The molecule has 0 saturated heterocycles. The molecule has 2 atom stereocenters. The summed E-state index contributed by atoms with van der Waals surface area (Å²) in [5, 5.41) is 14.4. The van der Waals surface area contributed by atoms with Crippen molar-refractivity contribution in [1.29, 1.82) is 0 Å². The zero-order chi connectivity index (χ0) is 12.8. The summed E-state index contributed by atoms with van der Waals surface area (Å²) >= 11 is 0. The van der Waals surface area contributed by atoms with Crippen molar-refractivity contribution < 1.29 is 14.7 Å². The average Bonchev–Trinajstić information content (AvgIpc) is 3.09. The Morgan fingerprint density at radius 2 is 2.29 bits per heavy atom. The summed E-state index contributed by atoms with van der Waals surface area (Å²) in [6.45, 7) is 2.49. The minimum Gasteiger partial charge on any atom is -0.409 e. The highest BCUT2D eigenvalue weighted by atomic mass is 16.5. The van der Waals surface area contributed by atoms with Gasteiger partial charge in [0.25, 0.3) is 0 Å². The largest absolute Gasteiger partial charge is 0.409 e. The van der Waals surface area contributed by atoms with Crippen molar-refractivity contribution >= 4 is 11.7 Å². The molecule has 0 bridgehead atoms. The maximum atomic E-state index is 11.7. The molecule has 6 nitrogen and oxygen atoms in total. The summed E-state index contributed by atoms with van der Waals surface area (Å²) < 4.78 is 4.97. The van der Waals surface area contributed by atoms with Crippen LogP contribution in [0, 0.1) is 11.8 Å². The van der Waals surface area contributed by atoms with Crippen LogP contribution in [-0.2, 0) is 9.53 Å². The number of carbonyl (C=O) groups is 1. The van der Waals surface area contributed by atoms with Gasteiger partial charge in [-0.15, -0.1) is 0 Å². The van der Waals surface area contributed by atoms with Crippen LogP contribution in [0.2, 0.25) is 0 Å². The first-order chi connectivity index (χ1) is 8.08. The molecule has 0 aliphatic heterocycles. The molecule has 4 N–H and O–H groups in total. The Kier molecular flexibility index (Phi) is 5.21. The molecule has 0 heterocycles. The Bertz CT molecular complexity index is 290. The van der Waals surface area contributed by atoms with Gasteiger partial charge >= 0.3 is 0 Å². The summed E-state index contributed by atoms with van der Waals surface area (Å²) in [6.07, 6.45) is 2.40. The molecule has 17 heavy (non-hydrogen) atoms. The van der Waals surface area contributed by atoms with Crippen LogP contribution in [0.3, 0.4) is 0 Å². The summed E-state index contributed by atoms with van der Waals surface area (Å²) in [6, 6.07) is -0.331. The van der Waals surface area contributed by atoms with Crippen LogP contribution in [0.4, 0.5) is 0 Å². The topological polar surface area (TPSA) is 96.9 Å². The number of nitrogens with zero attached hydrogens (tertiary/aromatic N) is 1. The highest BCUT2D eigenvalue weighted by molar-refractivity contribution is 5.90. The lowest BCUT2D eigenvalue weighted by atomic mass is 10.1. The van der Waals surface area contributed by atoms with E-state index in [1.54, 1.807) is 7.11 Å². The number of ether oxygens (including phenoxy) is 1. The summed E-state index contributed by atoms with van der Waals surface area (Å²) in [4.78, 5) is 11.7. The van der Waals surface area contributed by atoms with E-state index in [-0.39, 0.29) is 23.7 Å². The molecule has 1 saturated carbocycles. The van der Waals surface area contributed by atoms with E-state index < -0.39 is 0 Å². The van der Waals surface area contributed by atoms with Gasteiger partial charge < -0.3 is 21.0 Å². The van der Waals surface area contributed by atoms with Crippen LogP contribution in [0.1, 0.15) is 26.2 Å². The Morgan fingerprint density at radius 1 is 1.65 bits per heavy atom. The molecule has 1 aliphatic carbocycles. The highest BCUT2D eigenvalue weighted by Crippen LogP contribution is 2.32. The van der Waals surface area contributed by atoms with Crippen molar-refractivity contribution in [3.8, 4) is 0 Å². The van der Waals surface area contributed by atoms with Gasteiger partial charge in [0, 0.05) is 20.1 Å². The van der Waals surface area contributed by atoms with Gasteiger partial charge in [0.05, 0.1) is 6.04 Å². The maximum absolute atomic E-state index is 11.7. The number of hydrogen-bond donors (Lipinski definition) is 3. The van der Waals surface area contributed by atoms with Crippen LogP contribution < -0.4 is 11.1 Å². The lowest BCUT2D eigenvalue weighted by Crippen LogP contribution is -2.46. The van der Waals surface area contributed by atoms with Gasteiger partial charge in [-0.3, -0.25) is 4.79 Å². The molecule has 1 amide bonds.